The molecule has 6 heteroatoms. The van der Waals surface area contributed by atoms with Crippen LogP contribution in [0.5, 0.6) is 0 Å². The number of amides is 2. The molecule has 0 bridgehead atoms. The van der Waals surface area contributed by atoms with E-state index in [2.05, 4.69) is 10.3 Å². The number of para-hydroxylation sites is 1. The number of rotatable bonds is 1. The molecule has 122 valence electrons. The van der Waals surface area contributed by atoms with Crippen LogP contribution in [0.4, 0.5) is 4.79 Å². The molecule has 0 aliphatic carbocycles. The molecular formula is C17H21N3O3. The van der Waals surface area contributed by atoms with Gasteiger partial charge < -0.3 is 20.3 Å². The van der Waals surface area contributed by atoms with Crippen LogP contribution in [0.3, 0.4) is 0 Å². The summed E-state index contributed by atoms with van der Waals surface area (Å²) >= 11 is 0. The normalized spacial score (nSPS) is 17.9. The van der Waals surface area contributed by atoms with E-state index in [9.17, 15) is 14.7 Å². The van der Waals surface area contributed by atoms with E-state index < -0.39 is 17.6 Å². The fraction of sp³-hybridized carbons (Fsp3) is 0.412. The van der Waals surface area contributed by atoms with Crippen LogP contribution in [0, 0.1) is 0 Å². The summed E-state index contributed by atoms with van der Waals surface area (Å²) in [7, 11) is 0. The van der Waals surface area contributed by atoms with Crippen molar-refractivity contribution in [2.24, 2.45) is 0 Å². The number of aromatic nitrogens is 1. The van der Waals surface area contributed by atoms with Crippen molar-refractivity contribution < 1.29 is 14.7 Å². The highest BCUT2D eigenvalue weighted by Gasteiger charge is 2.37. The number of aromatic amines is 1. The van der Waals surface area contributed by atoms with Crippen LogP contribution in [0.15, 0.2) is 24.3 Å². The highest BCUT2D eigenvalue weighted by atomic mass is 16.4. The number of benzene rings is 1. The molecule has 6 nitrogen and oxygen atoms in total. The van der Waals surface area contributed by atoms with Gasteiger partial charge in [-0.1, -0.05) is 18.2 Å². The predicted molar refractivity (Wildman–Crippen MR) is 87.3 cm³/mol. The van der Waals surface area contributed by atoms with Crippen molar-refractivity contribution in [1.82, 2.24) is 15.2 Å². The SMILES string of the molecule is CC(C)(C)NC(=O)N1Cc2[nH]c3ccccc3c2CC1C(=O)O. The number of nitrogens with one attached hydrogen (secondary N) is 2. The van der Waals surface area contributed by atoms with E-state index in [0.717, 1.165) is 22.2 Å². The molecule has 0 fully saturated rings. The largest absolute Gasteiger partial charge is 0.480 e. The maximum Gasteiger partial charge on any atom is 0.326 e. The molecule has 23 heavy (non-hydrogen) atoms. The second-order valence-corrected chi connectivity index (χ2v) is 6.99. The van der Waals surface area contributed by atoms with E-state index in [1.807, 2.05) is 45.0 Å². The minimum Gasteiger partial charge on any atom is -0.480 e. The van der Waals surface area contributed by atoms with Gasteiger partial charge in [-0.25, -0.2) is 9.59 Å². The van der Waals surface area contributed by atoms with E-state index >= 15 is 0 Å². The van der Waals surface area contributed by atoms with Crippen molar-refractivity contribution in [2.45, 2.75) is 45.3 Å². The van der Waals surface area contributed by atoms with Crippen LogP contribution in [0.25, 0.3) is 10.9 Å². The van der Waals surface area contributed by atoms with Crippen molar-refractivity contribution >= 4 is 22.9 Å². The van der Waals surface area contributed by atoms with Gasteiger partial charge in [0.15, 0.2) is 0 Å². The predicted octanol–water partition coefficient (Wildman–Crippen LogP) is 2.49. The molecule has 2 amide bonds. The van der Waals surface area contributed by atoms with Crippen LogP contribution < -0.4 is 5.32 Å². The van der Waals surface area contributed by atoms with E-state index in [1.165, 1.54) is 4.90 Å². The second kappa shape index (κ2) is 5.30. The summed E-state index contributed by atoms with van der Waals surface area (Å²) in [6.45, 7) is 5.89. The Labute approximate surface area is 134 Å². The number of carbonyl (C=O) groups excluding carboxylic acids is 1. The van der Waals surface area contributed by atoms with Crippen LogP contribution >= 0.6 is 0 Å². The summed E-state index contributed by atoms with van der Waals surface area (Å²) in [6, 6.07) is 6.60. The van der Waals surface area contributed by atoms with E-state index in [1.54, 1.807) is 0 Å². The Morgan fingerprint density at radius 2 is 2.00 bits per heavy atom. The molecule has 3 N–H and O–H groups in total. The summed E-state index contributed by atoms with van der Waals surface area (Å²) in [5.74, 6) is -0.981. The third-order valence-corrected chi connectivity index (χ3v) is 4.03. The van der Waals surface area contributed by atoms with Gasteiger partial charge >= 0.3 is 12.0 Å². The maximum atomic E-state index is 12.5. The highest BCUT2D eigenvalue weighted by Crippen LogP contribution is 2.30. The summed E-state index contributed by atoms with van der Waals surface area (Å²) in [4.78, 5) is 28.9. The van der Waals surface area contributed by atoms with Gasteiger partial charge in [-0.15, -0.1) is 0 Å². The molecule has 2 heterocycles. The first kappa shape index (κ1) is 15.4. The maximum absolute atomic E-state index is 12.5. The minimum atomic E-state index is -0.981. The number of carboxylic acid groups (broad SMARTS) is 1. The van der Waals surface area contributed by atoms with Crippen molar-refractivity contribution in [3.8, 4) is 0 Å². The van der Waals surface area contributed by atoms with Gasteiger partial charge in [0.25, 0.3) is 0 Å². The molecule has 3 rings (SSSR count). The van der Waals surface area contributed by atoms with Crippen molar-refractivity contribution in [3.05, 3.63) is 35.5 Å². The number of fused-ring (bicyclic) bond motifs is 3. The summed E-state index contributed by atoms with van der Waals surface area (Å²) in [6.07, 6.45) is 0.312. The summed E-state index contributed by atoms with van der Waals surface area (Å²) < 4.78 is 0. The number of H-pyrrole nitrogens is 1. The molecule has 1 aliphatic rings. The monoisotopic (exact) mass is 315 g/mol. The zero-order valence-electron chi connectivity index (χ0n) is 13.5. The molecule has 0 saturated carbocycles. The lowest BCUT2D eigenvalue weighted by atomic mass is 9.97. The van der Waals surface area contributed by atoms with Gasteiger partial charge in [-0.2, -0.15) is 0 Å². The Bertz CT molecular complexity index is 773. The average molecular weight is 315 g/mol. The number of aliphatic carboxylic acids is 1. The molecular weight excluding hydrogens is 294 g/mol. The van der Waals surface area contributed by atoms with Crippen molar-refractivity contribution in [3.63, 3.8) is 0 Å². The molecule has 0 radical (unpaired) electrons. The lowest BCUT2D eigenvalue weighted by Crippen LogP contribution is -2.55. The topological polar surface area (TPSA) is 85.4 Å². The second-order valence-electron chi connectivity index (χ2n) is 6.99. The third-order valence-electron chi connectivity index (χ3n) is 4.03. The summed E-state index contributed by atoms with van der Waals surface area (Å²) in [5.41, 5.74) is 2.46. The van der Waals surface area contributed by atoms with Crippen LogP contribution in [-0.4, -0.2) is 38.6 Å². The molecule has 1 unspecified atom stereocenters. The molecule has 1 aliphatic heterocycles. The minimum absolute atomic E-state index is 0.267. The number of nitrogens with zero attached hydrogens (tertiary/aromatic N) is 1. The Balaban J connectivity index is 1.98. The molecule has 0 spiro atoms. The number of carbonyl (C=O) groups is 2. The van der Waals surface area contributed by atoms with Crippen LogP contribution in [0.1, 0.15) is 32.0 Å². The smallest absolute Gasteiger partial charge is 0.326 e. The Hall–Kier alpha value is -2.50. The average Bonchev–Trinajstić information content (AvgIpc) is 2.81. The number of hydrogen-bond acceptors (Lipinski definition) is 2. The lowest BCUT2D eigenvalue weighted by molar-refractivity contribution is -0.142. The fourth-order valence-corrected chi connectivity index (χ4v) is 3.03. The fourth-order valence-electron chi connectivity index (χ4n) is 3.03. The summed E-state index contributed by atoms with van der Waals surface area (Å²) in [5, 5.41) is 13.4. The number of urea groups is 1. The van der Waals surface area contributed by atoms with Crippen molar-refractivity contribution in [2.75, 3.05) is 0 Å². The number of hydrogen-bond donors (Lipinski definition) is 3. The van der Waals surface area contributed by atoms with Gasteiger partial charge in [-0.05, 0) is 32.4 Å². The first-order valence-electron chi connectivity index (χ1n) is 7.66. The first-order valence-corrected chi connectivity index (χ1v) is 7.66. The van der Waals surface area contributed by atoms with E-state index in [0.29, 0.717) is 6.42 Å². The van der Waals surface area contributed by atoms with Gasteiger partial charge in [0.05, 0.1) is 6.54 Å². The van der Waals surface area contributed by atoms with Gasteiger partial charge in [0, 0.05) is 28.6 Å². The Morgan fingerprint density at radius 3 is 2.65 bits per heavy atom. The van der Waals surface area contributed by atoms with Gasteiger partial charge in [0.2, 0.25) is 0 Å². The zero-order chi connectivity index (χ0) is 16.8. The van der Waals surface area contributed by atoms with E-state index in [-0.39, 0.29) is 12.6 Å². The van der Waals surface area contributed by atoms with Crippen molar-refractivity contribution in [1.29, 1.82) is 0 Å². The number of carboxylic acids is 1. The van der Waals surface area contributed by atoms with E-state index in [4.69, 9.17) is 0 Å². The lowest BCUT2D eigenvalue weighted by Gasteiger charge is -2.35. The zero-order valence-corrected chi connectivity index (χ0v) is 13.5. The molecule has 0 saturated heterocycles. The first-order chi connectivity index (χ1) is 10.8. The Morgan fingerprint density at radius 1 is 1.30 bits per heavy atom. The van der Waals surface area contributed by atoms with Gasteiger partial charge in [-0.3, -0.25) is 0 Å². The molecule has 1 aromatic heterocycles. The third kappa shape index (κ3) is 2.88. The Kier molecular flexibility index (Phi) is 3.55. The molecule has 1 aromatic carbocycles. The quantitative estimate of drug-likeness (QED) is 0.756. The highest BCUT2D eigenvalue weighted by molar-refractivity contribution is 5.89. The van der Waals surface area contributed by atoms with Gasteiger partial charge in [0.1, 0.15) is 6.04 Å². The molecule has 2 aromatic rings. The van der Waals surface area contributed by atoms with Crippen LogP contribution in [-0.2, 0) is 17.8 Å². The standard InChI is InChI=1S/C17H21N3O3/c1-17(2,3)19-16(23)20-9-13-11(8-14(20)15(21)22)10-6-4-5-7-12(10)18-13/h4-7,14,18H,8-9H2,1-3H3,(H,19,23)(H,21,22). The van der Waals surface area contributed by atoms with Crippen LogP contribution in [0.2, 0.25) is 0 Å². The molecule has 1 atom stereocenters.